The fourth-order valence-corrected chi connectivity index (χ4v) is 3.34. The molecule has 1 amide bonds. The van der Waals surface area contributed by atoms with Crippen molar-refractivity contribution in [3.05, 3.63) is 34.9 Å². The van der Waals surface area contributed by atoms with Gasteiger partial charge in [-0.05, 0) is 31.0 Å². The second kappa shape index (κ2) is 5.99. The second-order valence-electron chi connectivity index (χ2n) is 5.06. The molecular formula is C14H17F2NO2S. The lowest BCUT2D eigenvalue weighted by Gasteiger charge is -2.20. The Labute approximate surface area is 119 Å². The molecule has 20 heavy (non-hydrogen) atoms. The monoisotopic (exact) mass is 301 g/mol. The normalized spacial score (nSPS) is 23.5. The van der Waals surface area contributed by atoms with E-state index in [1.165, 1.54) is 11.8 Å². The van der Waals surface area contributed by atoms with Crippen LogP contribution in [0.15, 0.2) is 12.1 Å². The Balaban J connectivity index is 2.23. The third-order valence-electron chi connectivity index (χ3n) is 3.58. The molecule has 110 valence electrons. The van der Waals surface area contributed by atoms with Gasteiger partial charge in [0.05, 0.1) is 5.56 Å². The van der Waals surface area contributed by atoms with E-state index >= 15 is 0 Å². The molecule has 3 nitrogen and oxygen atoms in total. The number of carbonyl (C=O) groups is 1. The first-order valence-electron chi connectivity index (χ1n) is 6.52. The predicted octanol–water partition coefficient (Wildman–Crippen LogP) is 2.26. The molecule has 1 fully saturated rings. The lowest BCUT2D eigenvalue weighted by Crippen LogP contribution is -2.34. The molecule has 1 aromatic rings. The molecule has 0 aromatic heterocycles. The van der Waals surface area contributed by atoms with Gasteiger partial charge in [-0.1, -0.05) is 6.92 Å². The van der Waals surface area contributed by atoms with Gasteiger partial charge >= 0.3 is 0 Å². The van der Waals surface area contributed by atoms with E-state index in [1.807, 2.05) is 6.92 Å². The molecule has 1 heterocycles. The number of hydrogen-bond donors (Lipinski definition) is 0. The topological polar surface area (TPSA) is 37.4 Å². The zero-order chi connectivity index (χ0) is 14.9. The van der Waals surface area contributed by atoms with Crippen LogP contribution in [-0.4, -0.2) is 39.1 Å². The van der Waals surface area contributed by atoms with Gasteiger partial charge in [0.1, 0.15) is 11.6 Å². The van der Waals surface area contributed by atoms with Crippen molar-refractivity contribution in [2.75, 3.05) is 18.8 Å². The molecule has 6 heteroatoms. The SMILES string of the molecule is Cc1cc(F)c(C(=O)N2CC[C@H](C)[S@](=O)CC2)cc1F. The highest BCUT2D eigenvalue weighted by atomic mass is 32.2. The minimum absolute atomic E-state index is 0.0207. The molecule has 1 aliphatic heterocycles. The van der Waals surface area contributed by atoms with Crippen molar-refractivity contribution in [2.24, 2.45) is 0 Å². The number of rotatable bonds is 1. The fourth-order valence-electron chi connectivity index (χ4n) is 2.17. The molecule has 0 saturated carbocycles. The molecule has 2 rings (SSSR count). The van der Waals surface area contributed by atoms with Gasteiger partial charge in [-0.15, -0.1) is 0 Å². The van der Waals surface area contributed by atoms with E-state index in [9.17, 15) is 17.8 Å². The van der Waals surface area contributed by atoms with Gasteiger partial charge in [0.15, 0.2) is 0 Å². The Hall–Kier alpha value is -1.30. The van der Waals surface area contributed by atoms with E-state index in [0.29, 0.717) is 25.3 Å². The highest BCUT2D eigenvalue weighted by Crippen LogP contribution is 2.18. The van der Waals surface area contributed by atoms with Crippen LogP contribution in [0.1, 0.15) is 29.3 Å². The molecule has 0 unspecified atom stereocenters. The van der Waals surface area contributed by atoms with Crippen molar-refractivity contribution >= 4 is 16.7 Å². The molecule has 0 aliphatic carbocycles. The van der Waals surface area contributed by atoms with Crippen molar-refractivity contribution < 1.29 is 17.8 Å². The molecular weight excluding hydrogens is 284 g/mol. The van der Waals surface area contributed by atoms with Crippen molar-refractivity contribution in [3.8, 4) is 0 Å². The van der Waals surface area contributed by atoms with Crippen LogP contribution in [0.5, 0.6) is 0 Å². The maximum atomic E-state index is 13.8. The predicted molar refractivity (Wildman–Crippen MR) is 74.1 cm³/mol. The Bertz CT molecular complexity index is 562. The zero-order valence-electron chi connectivity index (χ0n) is 11.5. The summed E-state index contributed by atoms with van der Waals surface area (Å²) < 4.78 is 39.0. The average Bonchev–Trinajstić information content (AvgIpc) is 2.56. The van der Waals surface area contributed by atoms with E-state index < -0.39 is 28.3 Å². The highest BCUT2D eigenvalue weighted by Gasteiger charge is 2.25. The summed E-state index contributed by atoms with van der Waals surface area (Å²) in [6, 6.07) is 1.97. The number of nitrogens with zero attached hydrogens (tertiary/aromatic N) is 1. The van der Waals surface area contributed by atoms with Gasteiger partial charge in [-0.2, -0.15) is 0 Å². The van der Waals surface area contributed by atoms with Gasteiger partial charge in [-0.25, -0.2) is 8.78 Å². The van der Waals surface area contributed by atoms with Crippen molar-refractivity contribution in [1.82, 2.24) is 4.90 Å². The van der Waals surface area contributed by atoms with Crippen LogP contribution >= 0.6 is 0 Å². The molecule has 0 N–H and O–H groups in total. The molecule has 2 atom stereocenters. The van der Waals surface area contributed by atoms with Crippen LogP contribution in [0.25, 0.3) is 0 Å². The number of halogens is 2. The Morgan fingerprint density at radius 1 is 1.30 bits per heavy atom. The molecule has 1 aromatic carbocycles. The summed E-state index contributed by atoms with van der Waals surface area (Å²) in [5.41, 5.74) is -0.0851. The van der Waals surface area contributed by atoms with E-state index in [1.54, 1.807) is 0 Å². The van der Waals surface area contributed by atoms with Crippen LogP contribution in [0.2, 0.25) is 0 Å². The minimum atomic E-state index is -0.971. The molecule has 1 saturated heterocycles. The number of benzene rings is 1. The third kappa shape index (κ3) is 3.06. The van der Waals surface area contributed by atoms with Gasteiger partial charge < -0.3 is 4.90 Å². The summed E-state index contributed by atoms with van der Waals surface area (Å²) in [6.45, 7) is 4.05. The number of amides is 1. The molecule has 0 radical (unpaired) electrons. The van der Waals surface area contributed by atoms with Crippen LogP contribution in [0.4, 0.5) is 8.78 Å². The molecule has 0 bridgehead atoms. The van der Waals surface area contributed by atoms with Gasteiger partial charge in [0, 0.05) is 34.9 Å². The average molecular weight is 301 g/mol. The lowest BCUT2D eigenvalue weighted by molar-refractivity contribution is 0.0761. The summed E-state index contributed by atoms with van der Waals surface area (Å²) in [7, 11) is -0.971. The first kappa shape index (κ1) is 15.1. The number of aryl methyl sites for hydroxylation is 1. The third-order valence-corrected chi connectivity index (χ3v) is 5.30. The van der Waals surface area contributed by atoms with Gasteiger partial charge in [0.2, 0.25) is 0 Å². The maximum absolute atomic E-state index is 13.8. The van der Waals surface area contributed by atoms with Crippen LogP contribution < -0.4 is 0 Å². The van der Waals surface area contributed by atoms with Crippen LogP contribution in [0.3, 0.4) is 0 Å². The molecule has 1 aliphatic rings. The smallest absolute Gasteiger partial charge is 0.256 e. The summed E-state index contributed by atoms with van der Waals surface area (Å²) in [4.78, 5) is 13.7. The summed E-state index contributed by atoms with van der Waals surface area (Å²) in [5.74, 6) is -1.47. The van der Waals surface area contributed by atoms with E-state index in [2.05, 4.69) is 0 Å². The summed E-state index contributed by atoms with van der Waals surface area (Å²) in [5, 5.41) is 0.0207. The van der Waals surface area contributed by atoms with Crippen LogP contribution in [0, 0.1) is 18.6 Å². The van der Waals surface area contributed by atoms with Crippen molar-refractivity contribution in [1.29, 1.82) is 0 Å². The maximum Gasteiger partial charge on any atom is 0.256 e. The largest absolute Gasteiger partial charge is 0.338 e. The van der Waals surface area contributed by atoms with E-state index in [0.717, 1.165) is 12.1 Å². The van der Waals surface area contributed by atoms with Crippen LogP contribution in [-0.2, 0) is 10.8 Å². The quantitative estimate of drug-likeness (QED) is 0.798. The van der Waals surface area contributed by atoms with E-state index in [4.69, 9.17) is 0 Å². The Morgan fingerprint density at radius 2 is 2.00 bits per heavy atom. The first-order chi connectivity index (χ1) is 9.40. The number of hydrogen-bond acceptors (Lipinski definition) is 2. The Kier molecular flexibility index (Phi) is 4.52. The minimum Gasteiger partial charge on any atom is -0.338 e. The Morgan fingerprint density at radius 3 is 2.70 bits per heavy atom. The van der Waals surface area contributed by atoms with Gasteiger partial charge in [0.25, 0.3) is 5.91 Å². The lowest BCUT2D eigenvalue weighted by atomic mass is 10.1. The molecule has 0 spiro atoms. The van der Waals surface area contributed by atoms with Gasteiger partial charge in [-0.3, -0.25) is 9.00 Å². The zero-order valence-corrected chi connectivity index (χ0v) is 12.3. The highest BCUT2D eigenvalue weighted by molar-refractivity contribution is 7.85. The standard InChI is InChI=1S/C14H17F2NO2S/c1-9-7-13(16)11(8-12(9)15)14(18)17-4-3-10(2)20(19)6-5-17/h7-8,10H,3-6H2,1-2H3/t10-,20+/m0/s1. The summed E-state index contributed by atoms with van der Waals surface area (Å²) >= 11 is 0. The van der Waals surface area contributed by atoms with E-state index in [-0.39, 0.29) is 16.4 Å². The first-order valence-corrected chi connectivity index (χ1v) is 7.90. The summed E-state index contributed by atoms with van der Waals surface area (Å²) in [6.07, 6.45) is 0.605. The van der Waals surface area contributed by atoms with Crippen molar-refractivity contribution in [3.63, 3.8) is 0 Å². The fraction of sp³-hybridized carbons (Fsp3) is 0.500. The van der Waals surface area contributed by atoms with Crippen molar-refractivity contribution in [2.45, 2.75) is 25.5 Å². The second-order valence-corrected chi connectivity index (χ2v) is 7.03. The number of carbonyl (C=O) groups excluding carboxylic acids is 1.